The van der Waals surface area contributed by atoms with Gasteiger partial charge in [0.1, 0.15) is 6.10 Å². The summed E-state index contributed by atoms with van der Waals surface area (Å²) in [6.07, 6.45) is -7.83. The zero-order valence-electron chi connectivity index (χ0n) is 8.58. The number of aliphatic hydroxyl groups is 2. The Bertz CT molecular complexity index is 398. The van der Waals surface area contributed by atoms with Gasteiger partial charge in [0.15, 0.2) is 0 Å². The van der Waals surface area contributed by atoms with E-state index in [1.807, 2.05) is 0 Å². The Morgan fingerprint density at radius 3 is 2.35 bits per heavy atom. The van der Waals surface area contributed by atoms with Gasteiger partial charge in [-0.05, 0) is 23.8 Å². The summed E-state index contributed by atoms with van der Waals surface area (Å²) in [5, 5.41) is 18.9. The number of aliphatic hydroxyl groups excluding tert-OH is 2. The van der Waals surface area contributed by atoms with Crippen molar-refractivity contribution in [3.63, 3.8) is 0 Å². The monoisotopic (exact) mass is 269 g/mol. The average Bonchev–Trinajstić information content (AvgIpc) is 2.25. The number of hydrogen-bond donors (Lipinski definition) is 3. The van der Waals surface area contributed by atoms with Crippen LogP contribution in [0.5, 0.6) is 0 Å². The third kappa shape index (κ3) is 3.32. The van der Waals surface area contributed by atoms with Gasteiger partial charge >= 0.3 is 6.18 Å². The second-order valence-corrected chi connectivity index (χ2v) is 3.91. The Balaban J connectivity index is 3.25. The summed E-state index contributed by atoms with van der Waals surface area (Å²) < 4.78 is 37.9. The van der Waals surface area contributed by atoms with Crippen LogP contribution in [0.2, 0.25) is 5.02 Å². The lowest BCUT2D eigenvalue weighted by molar-refractivity contribution is -0.139. The molecule has 0 aliphatic rings. The van der Waals surface area contributed by atoms with Crippen molar-refractivity contribution in [1.82, 2.24) is 0 Å². The van der Waals surface area contributed by atoms with Crippen LogP contribution in [0.15, 0.2) is 18.2 Å². The van der Waals surface area contributed by atoms with Crippen LogP contribution in [0.3, 0.4) is 0 Å². The maximum atomic E-state index is 12.6. The summed E-state index contributed by atoms with van der Waals surface area (Å²) in [5.74, 6) is 0. The minimum absolute atomic E-state index is 0.0382. The molecule has 17 heavy (non-hydrogen) atoms. The Hall–Kier alpha value is -0.820. The molecule has 0 fully saturated rings. The Morgan fingerprint density at radius 2 is 1.88 bits per heavy atom. The topological polar surface area (TPSA) is 66.5 Å². The SMILES string of the molecule is NCC(O)C(O)c1cc(Cl)ccc1C(F)(F)F. The molecule has 1 rings (SSSR count). The lowest BCUT2D eigenvalue weighted by Crippen LogP contribution is -2.28. The van der Waals surface area contributed by atoms with Crippen LogP contribution in [0.25, 0.3) is 0 Å². The predicted octanol–water partition coefficient (Wildman–Crippen LogP) is 1.71. The van der Waals surface area contributed by atoms with Gasteiger partial charge in [-0.25, -0.2) is 0 Å². The molecule has 0 bridgehead atoms. The molecule has 0 spiro atoms. The van der Waals surface area contributed by atoms with Crippen molar-refractivity contribution >= 4 is 11.6 Å². The molecule has 96 valence electrons. The Labute approximate surface area is 101 Å². The molecule has 0 saturated carbocycles. The van der Waals surface area contributed by atoms with Crippen molar-refractivity contribution in [2.45, 2.75) is 18.4 Å². The molecule has 0 aliphatic carbocycles. The lowest BCUT2D eigenvalue weighted by atomic mass is 9.98. The summed E-state index contributed by atoms with van der Waals surface area (Å²) in [6.45, 7) is -0.356. The molecule has 2 atom stereocenters. The maximum absolute atomic E-state index is 12.6. The second-order valence-electron chi connectivity index (χ2n) is 3.48. The van der Waals surface area contributed by atoms with Crippen LogP contribution < -0.4 is 5.73 Å². The number of halogens is 4. The predicted molar refractivity (Wildman–Crippen MR) is 56.5 cm³/mol. The number of benzene rings is 1. The molecule has 0 heterocycles. The second kappa shape index (κ2) is 5.22. The third-order valence-corrected chi connectivity index (χ3v) is 2.48. The van der Waals surface area contributed by atoms with Crippen molar-refractivity contribution in [1.29, 1.82) is 0 Å². The van der Waals surface area contributed by atoms with E-state index in [2.05, 4.69) is 0 Å². The van der Waals surface area contributed by atoms with E-state index in [-0.39, 0.29) is 11.6 Å². The van der Waals surface area contributed by atoms with Crippen LogP contribution in [0, 0.1) is 0 Å². The highest BCUT2D eigenvalue weighted by molar-refractivity contribution is 6.30. The smallest absolute Gasteiger partial charge is 0.389 e. The highest BCUT2D eigenvalue weighted by Gasteiger charge is 2.36. The summed E-state index contributed by atoms with van der Waals surface area (Å²) in [4.78, 5) is 0. The Kier molecular flexibility index (Phi) is 4.37. The summed E-state index contributed by atoms with van der Waals surface area (Å²) in [6, 6.07) is 2.79. The molecule has 0 saturated heterocycles. The molecule has 1 aromatic carbocycles. The maximum Gasteiger partial charge on any atom is 0.416 e. The van der Waals surface area contributed by atoms with Gasteiger partial charge in [0.25, 0.3) is 0 Å². The zero-order valence-corrected chi connectivity index (χ0v) is 9.33. The molecule has 2 unspecified atom stereocenters. The molecule has 3 nitrogen and oxygen atoms in total. The number of nitrogens with two attached hydrogens (primary N) is 1. The highest BCUT2D eigenvalue weighted by atomic mass is 35.5. The van der Waals surface area contributed by atoms with Gasteiger partial charge in [0.2, 0.25) is 0 Å². The molecular weight excluding hydrogens is 259 g/mol. The minimum atomic E-state index is -4.63. The number of hydrogen-bond acceptors (Lipinski definition) is 3. The van der Waals surface area contributed by atoms with Gasteiger partial charge in [-0.15, -0.1) is 0 Å². The molecule has 0 aliphatic heterocycles. The normalized spacial score (nSPS) is 15.7. The van der Waals surface area contributed by atoms with E-state index < -0.39 is 29.5 Å². The number of alkyl halides is 3. The molecule has 1 aromatic rings. The molecular formula is C10H11ClF3NO2. The van der Waals surface area contributed by atoms with E-state index >= 15 is 0 Å². The first-order valence-electron chi connectivity index (χ1n) is 4.70. The van der Waals surface area contributed by atoms with Crippen LogP contribution >= 0.6 is 11.6 Å². The highest BCUT2D eigenvalue weighted by Crippen LogP contribution is 2.36. The van der Waals surface area contributed by atoms with Crippen molar-refractivity contribution in [2.24, 2.45) is 5.73 Å². The van der Waals surface area contributed by atoms with Gasteiger partial charge < -0.3 is 15.9 Å². The molecule has 0 amide bonds. The van der Waals surface area contributed by atoms with Crippen LogP contribution in [-0.4, -0.2) is 22.9 Å². The minimum Gasteiger partial charge on any atom is -0.389 e. The van der Waals surface area contributed by atoms with Gasteiger partial charge in [-0.3, -0.25) is 0 Å². The average molecular weight is 270 g/mol. The van der Waals surface area contributed by atoms with E-state index in [1.54, 1.807) is 0 Å². The lowest BCUT2D eigenvalue weighted by Gasteiger charge is -2.21. The summed E-state index contributed by atoms with van der Waals surface area (Å²) in [5.41, 5.74) is 3.56. The van der Waals surface area contributed by atoms with Gasteiger partial charge in [0.05, 0.1) is 11.7 Å². The first-order valence-corrected chi connectivity index (χ1v) is 5.08. The van der Waals surface area contributed by atoms with Gasteiger partial charge in [-0.2, -0.15) is 13.2 Å². The molecule has 0 aromatic heterocycles. The van der Waals surface area contributed by atoms with Gasteiger partial charge in [0, 0.05) is 11.6 Å². The molecule has 7 heteroatoms. The Morgan fingerprint density at radius 1 is 1.29 bits per heavy atom. The zero-order chi connectivity index (χ0) is 13.2. The summed E-state index contributed by atoms with van der Waals surface area (Å²) in [7, 11) is 0. The molecule has 0 radical (unpaired) electrons. The van der Waals surface area contributed by atoms with Crippen LogP contribution in [0.4, 0.5) is 13.2 Å². The van der Waals surface area contributed by atoms with E-state index in [0.29, 0.717) is 0 Å². The van der Waals surface area contributed by atoms with Gasteiger partial charge in [-0.1, -0.05) is 11.6 Å². The first kappa shape index (κ1) is 14.2. The van der Waals surface area contributed by atoms with E-state index in [0.717, 1.165) is 18.2 Å². The van der Waals surface area contributed by atoms with E-state index in [4.69, 9.17) is 17.3 Å². The van der Waals surface area contributed by atoms with Crippen molar-refractivity contribution in [2.75, 3.05) is 6.54 Å². The summed E-state index contributed by atoms with van der Waals surface area (Å²) >= 11 is 5.57. The first-order chi connectivity index (χ1) is 7.77. The fourth-order valence-electron chi connectivity index (χ4n) is 1.37. The van der Waals surface area contributed by atoms with Crippen LogP contribution in [-0.2, 0) is 6.18 Å². The fraction of sp³-hybridized carbons (Fsp3) is 0.400. The molecule has 4 N–H and O–H groups in total. The van der Waals surface area contributed by atoms with E-state index in [9.17, 15) is 23.4 Å². The number of rotatable bonds is 3. The quantitative estimate of drug-likeness (QED) is 0.783. The largest absolute Gasteiger partial charge is 0.416 e. The standard InChI is InChI=1S/C10H11ClF3NO2/c11-5-1-2-7(10(12,13)14)6(3-5)9(17)8(16)4-15/h1-3,8-9,16-17H,4,15H2. The van der Waals surface area contributed by atoms with Crippen molar-refractivity contribution < 1.29 is 23.4 Å². The van der Waals surface area contributed by atoms with Crippen LogP contribution in [0.1, 0.15) is 17.2 Å². The van der Waals surface area contributed by atoms with E-state index in [1.165, 1.54) is 0 Å². The van der Waals surface area contributed by atoms with Crippen molar-refractivity contribution in [3.8, 4) is 0 Å². The van der Waals surface area contributed by atoms with Crippen molar-refractivity contribution in [3.05, 3.63) is 34.3 Å². The fourth-order valence-corrected chi connectivity index (χ4v) is 1.55. The third-order valence-electron chi connectivity index (χ3n) is 2.24.